The fourth-order valence-corrected chi connectivity index (χ4v) is 4.45. The molecule has 1 aliphatic carbocycles. The molecule has 2 aromatic carbocycles. The number of phenols is 6. The van der Waals surface area contributed by atoms with Gasteiger partial charge in [0.1, 0.15) is 12.2 Å². The molecule has 0 radical (unpaired) electrons. The Balaban J connectivity index is 2.02. The molecule has 5 atom stereocenters. The second kappa shape index (κ2) is 8.15. The third-order valence-corrected chi connectivity index (χ3v) is 6.28. The first-order chi connectivity index (χ1) is 15.9. The van der Waals surface area contributed by atoms with E-state index in [4.69, 9.17) is 9.47 Å². The van der Waals surface area contributed by atoms with Crippen LogP contribution < -0.4 is 0 Å². The molecule has 12 nitrogen and oxygen atoms in total. The van der Waals surface area contributed by atoms with Crippen LogP contribution in [0.1, 0.15) is 34.1 Å². The summed E-state index contributed by atoms with van der Waals surface area (Å²) in [5, 5.41) is 82.0. The molecule has 4 rings (SSSR count). The zero-order valence-electron chi connectivity index (χ0n) is 17.7. The van der Waals surface area contributed by atoms with Crippen molar-refractivity contribution in [1.29, 1.82) is 0 Å². The molecule has 0 saturated heterocycles. The number of aromatic hydroxyl groups is 6. The fourth-order valence-electron chi connectivity index (χ4n) is 4.45. The maximum absolute atomic E-state index is 13.2. The molecule has 34 heavy (non-hydrogen) atoms. The van der Waals surface area contributed by atoms with Gasteiger partial charge < -0.3 is 50.3 Å². The first-order valence-corrected chi connectivity index (χ1v) is 10.2. The third kappa shape index (κ3) is 3.47. The van der Waals surface area contributed by atoms with E-state index in [1.54, 1.807) is 6.92 Å². The molecular weight excluding hydrogens is 456 g/mol. The van der Waals surface area contributed by atoms with Crippen molar-refractivity contribution in [1.82, 2.24) is 0 Å². The first kappa shape index (κ1) is 23.3. The first-order valence-electron chi connectivity index (χ1n) is 10.2. The Kier molecular flexibility index (Phi) is 5.58. The highest BCUT2D eigenvalue weighted by Crippen LogP contribution is 2.53. The van der Waals surface area contributed by atoms with Gasteiger partial charge in [-0.3, -0.25) is 0 Å². The summed E-state index contributed by atoms with van der Waals surface area (Å²) >= 11 is 0. The van der Waals surface area contributed by atoms with Crippen LogP contribution in [0.5, 0.6) is 34.5 Å². The van der Waals surface area contributed by atoms with Crippen LogP contribution in [-0.4, -0.2) is 77.7 Å². The number of carbonyl (C=O) groups is 2. The zero-order chi connectivity index (χ0) is 25.1. The van der Waals surface area contributed by atoms with E-state index in [0.29, 0.717) is 6.07 Å². The standard InChI is InChI=1S/C22H22O12/c1-6-2-7-5-33-21(31)8-3-10(23)15(26)17(28)12(8)13-9(4-11(24)16(27)18(13)29)22(32)34-20(7)19(30)14(6)25/h3-4,6-7,14,19-20,23-30H,2,5H2,1H3. The van der Waals surface area contributed by atoms with Crippen molar-refractivity contribution >= 4 is 11.9 Å². The van der Waals surface area contributed by atoms with E-state index in [1.807, 2.05) is 0 Å². The SMILES string of the molecule is CC1CC2COC(=O)c3cc(O)c(O)c(O)c3-c3c(cc(O)c(O)c3O)C(=O)OC2C(O)C1O. The van der Waals surface area contributed by atoms with Gasteiger partial charge in [-0.2, -0.15) is 0 Å². The van der Waals surface area contributed by atoms with Crippen LogP contribution in [0.2, 0.25) is 0 Å². The highest BCUT2D eigenvalue weighted by atomic mass is 16.6. The van der Waals surface area contributed by atoms with Gasteiger partial charge in [-0.1, -0.05) is 6.92 Å². The molecule has 1 saturated carbocycles. The van der Waals surface area contributed by atoms with Gasteiger partial charge in [0.25, 0.3) is 0 Å². The molecule has 1 heterocycles. The number of esters is 2. The van der Waals surface area contributed by atoms with Crippen LogP contribution in [0.15, 0.2) is 12.1 Å². The summed E-state index contributed by atoms with van der Waals surface area (Å²) in [6.07, 6.45) is -4.02. The number of ether oxygens (including phenoxy) is 2. The minimum atomic E-state index is -1.57. The van der Waals surface area contributed by atoms with Crippen LogP contribution in [0.25, 0.3) is 11.1 Å². The molecule has 2 aliphatic rings. The van der Waals surface area contributed by atoms with Gasteiger partial charge in [-0.15, -0.1) is 0 Å². The van der Waals surface area contributed by atoms with E-state index in [9.17, 15) is 50.4 Å². The van der Waals surface area contributed by atoms with Gasteiger partial charge in [-0.05, 0) is 24.5 Å². The van der Waals surface area contributed by atoms with Crippen molar-refractivity contribution in [3.05, 3.63) is 23.3 Å². The lowest BCUT2D eigenvalue weighted by Crippen LogP contribution is -2.53. The van der Waals surface area contributed by atoms with E-state index < -0.39 is 105 Å². The molecule has 8 N–H and O–H groups in total. The smallest absolute Gasteiger partial charge is 0.339 e. The number of rotatable bonds is 0. The summed E-state index contributed by atoms with van der Waals surface area (Å²) in [6.45, 7) is 1.24. The van der Waals surface area contributed by atoms with Crippen molar-refractivity contribution in [2.45, 2.75) is 31.7 Å². The van der Waals surface area contributed by atoms with Gasteiger partial charge in [0, 0.05) is 17.0 Å². The number of phenolic OH excluding ortho intramolecular Hbond substituents is 6. The predicted octanol–water partition coefficient (Wildman–Crippen LogP) is 0.661. The van der Waals surface area contributed by atoms with Gasteiger partial charge in [0.05, 0.1) is 23.8 Å². The molecule has 0 amide bonds. The number of cyclic esters (lactones) is 1. The largest absolute Gasteiger partial charge is 0.504 e. The Bertz CT molecular complexity index is 1190. The maximum atomic E-state index is 13.2. The average molecular weight is 478 g/mol. The number of hydrogen-bond acceptors (Lipinski definition) is 12. The second-order valence-electron chi connectivity index (χ2n) is 8.45. The normalized spacial score (nSPS) is 26.9. The highest BCUT2D eigenvalue weighted by molar-refractivity contribution is 6.08. The third-order valence-electron chi connectivity index (χ3n) is 6.28. The minimum absolute atomic E-state index is 0.182. The van der Waals surface area contributed by atoms with Crippen molar-refractivity contribution < 1.29 is 59.9 Å². The summed E-state index contributed by atoms with van der Waals surface area (Å²) in [4.78, 5) is 26.1. The average Bonchev–Trinajstić information content (AvgIpc) is 2.81. The molecule has 0 aromatic heterocycles. The van der Waals surface area contributed by atoms with Crippen LogP contribution in [0, 0.1) is 11.8 Å². The van der Waals surface area contributed by atoms with Crippen LogP contribution >= 0.6 is 0 Å². The lowest BCUT2D eigenvalue weighted by Gasteiger charge is -2.40. The zero-order valence-corrected chi connectivity index (χ0v) is 17.7. The molecule has 1 fully saturated rings. The quantitative estimate of drug-likeness (QED) is 0.194. The topological polar surface area (TPSA) is 214 Å². The molecule has 0 bridgehead atoms. The van der Waals surface area contributed by atoms with Gasteiger partial charge in [0.15, 0.2) is 23.0 Å². The number of aliphatic hydroxyl groups excluding tert-OH is 2. The molecule has 2 aromatic rings. The molecule has 12 heteroatoms. The molecule has 0 spiro atoms. The number of benzene rings is 2. The number of aliphatic hydroxyl groups is 2. The Morgan fingerprint density at radius 1 is 0.765 bits per heavy atom. The monoisotopic (exact) mass is 478 g/mol. The Morgan fingerprint density at radius 2 is 1.26 bits per heavy atom. The van der Waals surface area contributed by atoms with Crippen molar-refractivity contribution in [2.24, 2.45) is 11.8 Å². The van der Waals surface area contributed by atoms with E-state index in [-0.39, 0.29) is 6.42 Å². The Labute approximate surface area is 191 Å². The Hall–Kier alpha value is -3.90. The molecule has 182 valence electrons. The Morgan fingerprint density at radius 3 is 1.79 bits per heavy atom. The molecule has 1 aliphatic heterocycles. The van der Waals surface area contributed by atoms with E-state index >= 15 is 0 Å². The summed E-state index contributed by atoms with van der Waals surface area (Å²) in [5.41, 5.74) is -2.68. The number of carbonyl (C=O) groups excluding carboxylic acids is 2. The maximum Gasteiger partial charge on any atom is 0.339 e. The molecule has 5 unspecified atom stereocenters. The van der Waals surface area contributed by atoms with Crippen LogP contribution in [-0.2, 0) is 9.47 Å². The summed E-state index contributed by atoms with van der Waals surface area (Å²) in [5.74, 6) is -10.0. The summed E-state index contributed by atoms with van der Waals surface area (Å²) in [6, 6.07) is 1.41. The lowest BCUT2D eigenvalue weighted by molar-refractivity contribution is -0.142. The van der Waals surface area contributed by atoms with Gasteiger partial charge in [-0.25, -0.2) is 9.59 Å². The van der Waals surface area contributed by atoms with E-state index in [0.717, 1.165) is 6.07 Å². The predicted molar refractivity (Wildman–Crippen MR) is 111 cm³/mol. The van der Waals surface area contributed by atoms with Crippen molar-refractivity contribution in [2.75, 3.05) is 6.61 Å². The number of fused-ring (bicyclic) bond motifs is 4. The van der Waals surface area contributed by atoms with Gasteiger partial charge >= 0.3 is 11.9 Å². The van der Waals surface area contributed by atoms with Crippen molar-refractivity contribution in [3.8, 4) is 45.6 Å². The van der Waals surface area contributed by atoms with Crippen LogP contribution in [0.4, 0.5) is 0 Å². The summed E-state index contributed by atoms with van der Waals surface area (Å²) in [7, 11) is 0. The summed E-state index contributed by atoms with van der Waals surface area (Å²) < 4.78 is 10.7. The number of hydrogen-bond donors (Lipinski definition) is 8. The van der Waals surface area contributed by atoms with E-state index in [2.05, 4.69) is 0 Å². The minimum Gasteiger partial charge on any atom is -0.504 e. The van der Waals surface area contributed by atoms with Gasteiger partial charge in [0.2, 0.25) is 11.5 Å². The fraction of sp³-hybridized carbons (Fsp3) is 0.364. The lowest BCUT2D eigenvalue weighted by atomic mass is 9.76. The van der Waals surface area contributed by atoms with E-state index in [1.165, 1.54) is 0 Å². The highest BCUT2D eigenvalue weighted by Gasteiger charge is 2.45. The molecular formula is C22H22O12. The van der Waals surface area contributed by atoms with Crippen LogP contribution in [0.3, 0.4) is 0 Å². The van der Waals surface area contributed by atoms with Crippen molar-refractivity contribution in [3.63, 3.8) is 0 Å². The second-order valence-corrected chi connectivity index (χ2v) is 8.45.